The number of fused-ring (bicyclic) bond motifs is 1. The molecule has 4 rings (SSSR count). The van der Waals surface area contributed by atoms with Gasteiger partial charge in [0.15, 0.2) is 0 Å². The Balaban J connectivity index is 1.68. The average Bonchev–Trinajstić information content (AvgIpc) is 2.95. The molecule has 3 aromatic rings. The van der Waals surface area contributed by atoms with Gasteiger partial charge in [0.05, 0.1) is 34.5 Å². The highest BCUT2D eigenvalue weighted by molar-refractivity contribution is 7.92. The van der Waals surface area contributed by atoms with Crippen LogP contribution in [0.1, 0.15) is 24.2 Å². The minimum atomic E-state index is -4.13. The number of hydrogen-bond acceptors (Lipinski definition) is 7. The molecule has 0 aromatic heterocycles. The summed E-state index contributed by atoms with van der Waals surface area (Å²) >= 11 is 0. The van der Waals surface area contributed by atoms with Gasteiger partial charge in [0, 0.05) is 25.2 Å². The van der Waals surface area contributed by atoms with Crippen LogP contribution in [0, 0.1) is 17.6 Å². The Labute approximate surface area is 243 Å². The van der Waals surface area contributed by atoms with Gasteiger partial charge in [-0.25, -0.2) is 25.6 Å². The molecule has 0 saturated carbocycles. The van der Waals surface area contributed by atoms with Gasteiger partial charge < -0.3 is 14.7 Å². The van der Waals surface area contributed by atoms with Crippen LogP contribution in [0.3, 0.4) is 0 Å². The Morgan fingerprint density at radius 1 is 1.00 bits per heavy atom. The van der Waals surface area contributed by atoms with Crippen molar-refractivity contribution in [1.82, 2.24) is 9.21 Å². The lowest BCUT2D eigenvalue weighted by molar-refractivity contribution is 0.0387. The topological polar surface area (TPSA) is 133 Å². The summed E-state index contributed by atoms with van der Waals surface area (Å²) in [6.07, 6.45) is -0.771. The van der Waals surface area contributed by atoms with E-state index < -0.39 is 55.7 Å². The van der Waals surface area contributed by atoms with Gasteiger partial charge in [-0.3, -0.25) is 9.52 Å². The largest absolute Gasteiger partial charge is 0.488 e. The van der Waals surface area contributed by atoms with E-state index in [4.69, 9.17) is 4.74 Å². The van der Waals surface area contributed by atoms with Crippen LogP contribution in [0.2, 0.25) is 0 Å². The molecule has 42 heavy (non-hydrogen) atoms. The third kappa shape index (κ3) is 6.72. The first kappa shape index (κ1) is 31.3. The van der Waals surface area contributed by atoms with Crippen LogP contribution in [0.15, 0.2) is 76.5 Å². The molecule has 10 nitrogen and oxygen atoms in total. The van der Waals surface area contributed by atoms with Crippen molar-refractivity contribution in [3.05, 3.63) is 83.9 Å². The summed E-state index contributed by atoms with van der Waals surface area (Å²) in [5, 5.41) is 9.86. The zero-order chi connectivity index (χ0) is 30.8. The first-order valence-corrected chi connectivity index (χ1v) is 15.9. The maximum Gasteiger partial charge on any atom is 0.261 e. The van der Waals surface area contributed by atoms with E-state index in [2.05, 4.69) is 4.72 Å². The molecule has 0 aliphatic carbocycles. The lowest BCUT2D eigenvalue weighted by Gasteiger charge is -2.38. The Kier molecular flexibility index (Phi) is 9.21. The number of amides is 1. The molecule has 2 N–H and O–H groups in total. The summed E-state index contributed by atoms with van der Waals surface area (Å²) in [5.74, 6) is -2.02. The SMILES string of the molecule is C[C@@H]1CN([C@@H](C)CO)C(=O)c2cc(NS(=O)(=O)c3ccc(F)cc3)ccc2O[C@@H]1CN(C)S(=O)(=O)c1ccc(F)cc1. The number of aliphatic hydroxyl groups is 1. The zero-order valence-corrected chi connectivity index (χ0v) is 24.7. The van der Waals surface area contributed by atoms with Crippen molar-refractivity contribution >= 4 is 31.6 Å². The maximum absolute atomic E-state index is 13.6. The predicted molar refractivity (Wildman–Crippen MR) is 151 cm³/mol. The van der Waals surface area contributed by atoms with Crippen LogP contribution >= 0.6 is 0 Å². The van der Waals surface area contributed by atoms with E-state index in [1.165, 1.54) is 30.1 Å². The smallest absolute Gasteiger partial charge is 0.261 e. The quantitative estimate of drug-likeness (QED) is 0.374. The van der Waals surface area contributed by atoms with E-state index in [-0.39, 0.29) is 46.5 Å². The third-order valence-electron chi connectivity index (χ3n) is 7.00. The molecule has 0 unspecified atom stereocenters. The number of carbonyl (C=O) groups excluding carboxylic acids is 1. The van der Waals surface area contributed by atoms with Crippen molar-refractivity contribution in [3.63, 3.8) is 0 Å². The fourth-order valence-electron chi connectivity index (χ4n) is 4.47. The van der Waals surface area contributed by atoms with Crippen LogP contribution in [0.4, 0.5) is 14.5 Å². The fourth-order valence-corrected chi connectivity index (χ4v) is 6.70. The highest BCUT2D eigenvalue weighted by Gasteiger charge is 2.35. The molecule has 3 atom stereocenters. The Hall–Kier alpha value is -3.59. The van der Waals surface area contributed by atoms with E-state index in [1.54, 1.807) is 13.8 Å². The summed E-state index contributed by atoms with van der Waals surface area (Å²) in [6.45, 7) is 3.04. The van der Waals surface area contributed by atoms with Gasteiger partial charge in [-0.15, -0.1) is 0 Å². The second-order valence-corrected chi connectivity index (χ2v) is 13.9. The first-order valence-electron chi connectivity index (χ1n) is 13.0. The minimum absolute atomic E-state index is 0.00412. The Morgan fingerprint density at radius 2 is 1.57 bits per heavy atom. The summed E-state index contributed by atoms with van der Waals surface area (Å²) in [6, 6.07) is 12.1. The predicted octanol–water partition coefficient (Wildman–Crippen LogP) is 3.31. The van der Waals surface area contributed by atoms with Crippen LogP contribution in [0.25, 0.3) is 0 Å². The van der Waals surface area contributed by atoms with Gasteiger partial charge in [0.2, 0.25) is 10.0 Å². The van der Waals surface area contributed by atoms with Gasteiger partial charge in [-0.2, -0.15) is 4.31 Å². The summed E-state index contributed by atoms with van der Waals surface area (Å²) in [4.78, 5) is 14.8. The molecule has 226 valence electrons. The lowest BCUT2D eigenvalue weighted by Crippen LogP contribution is -2.50. The van der Waals surface area contributed by atoms with Gasteiger partial charge in [0.25, 0.3) is 15.9 Å². The average molecular weight is 624 g/mol. The highest BCUT2D eigenvalue weighted by Crippen LogP contribution is 2.32. The molecule has 1 aliphatic heterocycles. The van der Waals surface area contributed by atoms with Crippen LogP contribution in [-0.2, 0) is 20.0 Å². The van der Waals surface area contributed by atoms with Gasteiger partial charge in [0.1, 0.15) is 23.5 Å². The van der Waals surface area contributed by atoms with Crippen molar-refractivity contribution in [2.75, 3.05) is 31.5 Å². The molecule has 3 aromatic carbocycles. The van der Waals surface area contributed by atoms with Crippen LogP contribution in [-0.4, -0.2) is 75.9 Å². The van der Waals surface area contributed by atoms with E-state index in [1.807, 2.05) is 0 Å². The molecule has 1 heterocycles. The summed E-state index contributed by atoms with van der Waals surface area (Å²) in [7, 11) is -6.78. The number of halogens is 2. The molecule has 14 heteroatoms. The maximum atomic E-state index is 13.6. The number of carbonyl (C=O) groups is 1. The fraction of sp³-hybridized carbons (Fsp3) is 0.321. The number of aliphatic hydroxyl groups excluding tert-OH is 1. The number of sulfonamides is 2. The van der Waals surface area contributed by atoms with E-state index >= 15 is 0 Å². The Bertz CT molecular complexity index is 1650. The molecule has 0 bridgehead atoms. The minimum Gasteiger partial charge on any atom is -0.488 e. The van der Waals surface area contributed by atoms with Gasteiger partial charge >= 0.3 is 0 Å². The van der Waals surface area contributed by atoms with Crippen LogP contribution < -0.4 is 9.46 Å². The van der Waals surface area contributed by atoms with Crippen molar-refractivity contribution < 1.29 is 40.3 Å². The molecule has 0 saturated heterocycles. The molecular weight excluding hydrogens is 592 g/mol. The number of nitrogens with zero attached hydrogens (tertiary/aromatic N) is 2. The standard InChI is InChI=1S/C28H31F2N3O7S2/c1-18-15-33(19(2)17-34)28(35)25-14-22(31-41(36,37)23-9-4-20(29)5-10-23)8-13-26(25)40-27(18)16-32(3)42(38,39)24-11-6-21(30)7-12-24/h4-14,18-19,27,31,34H,15-17H2,1-3H3/t18-,19+,27-/m1/s1. The highest BCUT2D eigenvalue weighted by atomic mass is 32.2. The van der Waals surface area contributed by atoms with E-state index in [9.17, 15) is 35.5 Å². The molecule has 1 aliphatic rings. The van der Waals surface area contributed by atoms with Gasteiger partial charge in [-0.1, -0.05) is 6.92 Å². The second-order valence-electron chi connectivity index (χ2n) is 10.1. The zero-order valence-electron chi connectivity index (χ0n) is 23.1. The van der Waals surface area contributed by atoms with Crippen molar-refractivity contribution in [2.24, 2.45) is 5.92 Å². The molecular formula is C28H31F2N3O7S2. The van der Waals surface area contributed by atoms with Crippen molar-refractivity contribution in [3.8, 4) is 5.75 Å². The number of likely N-dealkylation sites (N-methyl/N-ethyl adjacent to an activating group) is 1. The molecule has 1 amide bonds. The van der Waals surface area contributed by atoms with Crippen molar-refractivity contribution in [1.29, 1.82) is 0 Å². The number of nitrogens with one attached hydrogen (secondary N) is 1. The summed E-state index contributed by atoms with van der Waals surface area (Å²) < 4.78 is 88.4. The third-order valence-corrected chi connectivity index (χ3v) is 10.2. The van der Waals surface area contributed by atoms with E-state index in [0.29, 0.717) is 0 Å². The first-order chi connectivity index (χ1) is 19.7. The monoisotopic (exact) mass is 623 g/mol. The normalized spacial score (nSPS) is 18.5. The number of ether oxygens (including phenoxy) is 1. The molecule has 0 fully saturated rings. The second kappa shape index (κ2) is 12.3. The number of hydrogen-bond donors (Lipinski definition) is 2. The van der Waals surface area contributed by atoms with Gasteiger partial charge in [-0.05, 0) is 73.7 Å². The van der Waals surface area contributed by atoms with Crippen LogP contribution in [0.5, 0.6) is 5.75 Å². The Morgan fingerprint density at radius 3 is 2.14 bits per heavy atom. The number of benzene rings is 3. The summed E-state index contributed by atoms with van der Waals surface area (Å²) in [5.41, 5.74) is 0.0309. The lowest BCUT2D eigenvalue weighted by atomic mass is 9.99. The van der Waals surface area contributed by atoms with Crippen molar-refractivity contribution in [2.45, 2.75) is 35.8 Å². The molecule has 0 spiro atoms. The van der Waals surface area contributed by atoms with E-state index in [0.717, 1.165) is 52.8 Å². The number of anilines is 1. The number of rotatable bonds is 9. The molecule has 0 radical (unpaired) electrons.